The van der Waals surface area contributed by atoms with Crippen LogP contribution in [0.4, 0.5) is 0 Å². The van der Waals surface area contributed by atoms with Crippen molar-refractivity contribution in [3.05, 3.63) is 0 Å². The highest BCUT2D eigenvalue weighted by molar-refractivity contribution is 5.82. The number of rotatable bonds is 1. The quantitative estimate of drug-likeness (QED) is 0.566. The SMILES string of the molecule is CC(=O)[C@@H]1[C@@H](C)[C@@H](C)CN1C. The van der Waals surface area contributed by atoms with E-state index < -0.39 is 0 Å². The first kappa shape index (κ1) is 8.72. The minimum atomic E-state index is 0.171. The summed E-state index contributed by atoms with van der Waals surface area (Å²) in [5.41, 5.74) is 0. The van der Waals surface area contributed by atoms with Crippen LogP contribution in [0.25, 0.3) is 0 Å². The molecule has 1 aliphatic heterocycles. The van der Waals surface area contributed by atoms with E-state index in [4.69, 9.17) is 0 Å². The lowest BCUT2D eigenvalue weighted by Gasteiger charge is -2.19. The summed E-state index contributed by atoms with van der Waals surface area (Å²) in [5, 5.41) is 0. The summed E-state index contributed by atoms with van der Waals surface area (Å²) in [4.78, 5) is 13.3. The van der Waals surface area contributed by atoms with Crippen LogP contribution in [0.2, 0.25) is 0 Å². The van der Waals surface area contributed by atoms with Crippen molar-refractivity contribution in [3.8, 4) is 0 Å². The van der Waals surface area contributed by atoms with Crippen molar-refractivity contribution in [2.24, 2.45) is 11.8 Å². The van der Waals surface area contributed by atoms with Gasteiger partial charge in [0.15, 0.2) is 0 Å². The lowest BCUT2D eigenvalue weighted by molar-refractivity contribution is -0.121. The van der Waals surface area contributed by atoms with Crippen molar-refractivity contribution in [1.82, 2.24) is 4.90 Å². The molecular weight excluding hydrogens is 138 g/mol. The molecule has 0 aliphatic carbocycles. The van der Waals surface area contributed by atoms with Gasteiger partial charge in [0.1, 0.15) is 5.78 Å². The maximum absolute atomic E-state index is 11.2. The fourth-order valence-corrected chi connectivity index (χ4v) is 2.13. The predicted octanol–water partition coefficient (Wildman–Crippen LogP) is 1.16. The van der Waals surface area contributed by atoms with E-state index in [-0.39, 0.29) is 6.04 Å². The first-order valence-electron chi connectivity index (χ1n) is 4.24. The number of nitrogens with zero attached hydrogens (tertiary/aromatic N) is 1. The highest BCUT2D eigenvalue weighted by atomic mass is 16.1. The van der Waals surface area contributed by atoms with Gasteiger partial charge < -0.3 is 0 Å². The highest BCUT2D eigenvalue weighted by Gasteiger charge is 2.36. The Bertz CT molecular complexity index is 167. The van der Waals surface area contributed by atoms with Crippen LogP contribution in [0, 0.1) is 11.8 Å². The first-order chi connectivity index (χ1) is 5.04. The van der Waals surface area contributed by atoms with Crippen molar-refractivity contribution < 1.29 is 4.79 Å². The Labute approximate surface area is 68.6 Å². The second kappa shape index (κ2) is 2.94. The minimum absolute atomic E-state index is 0.171. The van der Waals surface area contributed by atoms with Crippen LogP contribution in [-0.2, 0) is 4.79 Å². The van der Waals surface area contributed by atoms with Gasteiger partial charge in [0.05, 0.1) is 6.04 Å². The fraction of sp³-hybridized carbons (Fsp3) is 0.889. The highest BCUT2D eigenvalue weighted by Crippen LogP contribution is 2.27. The number of likely N-dealkylation sites (tertiary alicyclic amines) is 1. The molecule has 11 heavy (non-hydrogen) atoms. The van der Waals surface area contributed by atoms with Crippen LogP contribution in [0.1, 0.15) is 20.8 Å². The molecule has 0 aromatic heterocycles. The van der Waals surface area contributed by atoms with E-state index in [1.165, 1.54) is 0 Å². The topological polar surface area (TPSA) is 20.3 Å². The summed E-state index contributed by atoms with van der Waals surface area (Å²) in [5.74, 6) is 1.50. The van der Waals surface area contributed by atoms with Gasteiger partial charge in [0.25, 0.3) is 0 Å². The standard InChI is InChI=1S/C9H17NO/c1-6-5-10(4)9(7(6)2)8(3)11/h6-7,9H,5H2,1-4H3/t6-,7-,9-/m0/s1. The van der Waals surface area contributed by atoms with Gasteiger partial charge >= 0.3 is 0 Å². The summed E-state index contributed by atoms with van der Waals surface area (Å²) < 4.78 is 0. The zero-order valence-corrected chi connectivity index (χ0v) is 7.79. The van der Waals surface area contributed by atoms with Crippen molar-refractivity contribution in [2.75, 3.05) is 13.6 Å². The number of carbonyl (C=O) groups is 1. The third kappa shape index (κ3) is 1.45. The lowest BCUT2D eigenvalue weighted by atomic mass is 9.92. The third-order valence-electron chi connectivity index (χ3n) is 2.86. The average Bonchev–Trinajstić information content (AvgIpc) is 2.07. The summed E-state index contributed by atoms with van der Waals surface area (Å²) in [6.45, 7) is 7.13. The summed E-state index contributed by atoms with van der Waals surface area (Å²) >= 11 is 0. The van der Waals surface area contributed by atoms with E-state index in [0.717, 1.165) is 6.54 Å². The van der Waals surface area contributed by atoms with Gasteiger partial charge in [-0.2, -0.15) is 0 Å². The molecule has 64 valence electrons. The molecule has 1 aliphatic rings. The maximum Gasteiger partial charge on any atom is 0.147 e. The molecule has 0 aromatic rings. The van der Waals surface area contributed by atoms with Crippen molar-refractivity contribution >= 4 is 5.78 Å². The monoisotopic (exact) mass is 155 g/mol. The van der Waals surface area contributed by atoms with Crippen molar-refractivity contribution in [1.29, 1.82) is 0 Å². The Morgan fingerprint density at radius 3 is 2.18 bits per heavy atom. The molecule has 1 saturated heterocycles. The van der Waals surface area contributed by atoms with Gasteiger partial charge in [-0.15, -0.1) is 0 Å². The number of hydrogen-bond donors (Lipinski definition) is 0. The average molecular weight is 155 g/mol. The van der Waals surface area contributed by atoms with Gasteiger partial charge in [-0.05, 0) is 25.8 Å². The van der Waals surface area contributed by atoms with E-state index >= 15 is 0 Å². The Kier molecular flexibility index (Phi) is 2.33. The maximum atomic E-state index is 11.2. The Morgan fingerprint density at radius 2 is 2.00 bits per heavy atom. The fourth-order valence-electron chi connectivity index (χ4n) is 2.13. The molecule has 0 amide bonds. The molecule has 0 bridgehead atoms. The van der Waals surface area contributed by atoms with Gasteiger partial charge in [-0.1, -0.05) is 13.8 Å². The minimum Gasteiger partial charge on any atom is -0.298 e. The molecule has 0 radical (unpaired) electrons. The molecule has 3 atom stereocenters. The number of hydrogen-bond acceptors (Lipinski definition) is 2. The van der Waals surface area contributed by atoms with Crippen LogP contribution >= 0.6 is 0 Å². The third-order valence-corrected chi connectivity index (χ3v) is 2.86. The summed E-state index contributed by atoms with van der Waals surface area (Å²) in [6, 6.07) is 0.171. The largest absolute Gasteiger partial charge is 0.298 e. The molecule has 0 unspecified atom stereocenters. The van der Waals surface area contributed by atoms with Crippen molar-refractivity contribution in [3.63, 3.8) is 0 Å². The zero-order chi connectivity index (χ0) is 8.59. The van der Waals surface area contributed by atoms with E-state index in [1.807, 2.05) is 7.05 Å². The van der Waals surface area contributed by atoms with E-state index in [0.29, 0.717) is 17.6 Å². The van der Waals surface area contributed by atoms with Crippen LogP contribution in [0.3, 0.4) is 0 Å². The number of carbonyl (C=O) groups excluding carboxylic acids is 1. The van der Waals surface area contributed by atoms with Crippen LogP contribution in [-0.4, -0.2) is 30.3 Å². The van der Waals surface area contributed by atoms with Crippen molar-refractivity contribution in [2.45, 2.75) is 26.8 Å². The second-order valence-electron chi connectivity index (χ2n) is 3.83. The molecular formula is C9H17NO. The Hall–Kier alpha value is -0.370. The molecule has 0 aromatic carbocycles. The number of Topliss-reactive ketones (excluding diaryl/α,β-unsaturated/α-hetero) is 1. The number of likely N-dealkylation sites (N-methyl/N-ethyl adjacent to an activating group) is 1. The second-order valence-corrected chi connectivity index (χ2v) is 3.83. The molecule has 0 spiro atoms. The van der Waals surface area contributed by atoms with E-state index in [9.17, 15) is 4.79 Å². The molecule has 1 heterocycles. The number of ketones is 1. The summed E-state index contributed by atoms with van der Waals surface area (Å²) in [6.07, 6.45) is 0. The van der Waals surface area contributed by atoms with E-state index in [2.05, 4.69) is 18.7 Å². The Morgan fingerprint density at radius 1 is 1.45 bits per heavy atom. The molecule has 1 rings (SSSR count). The van der Waals surface area contributed by atoms with Crippen LogP contribution in [0.15, 0.2) is 0 Å². The first-order valence-corrected chi connectivity index (χ1v) is 4.24. The van der Waals surface area contributed by atoms with Gasteiger partial charge in [0.2, 0.25) is 0 Å². The normalized spacial score (nSPS) is 39.5. The van der Waals surface area contributed by atoms with E-state index in [1.54, 1.807) is 6.92 Å². The molecule has 2 heteroatoms. The molecule has 1 fully saturated rings. The predicted molar refractivity (Wildman–Crippen MR) is 45.4 cm³/mol. The molecule has 0 saturated carbocycles. The van der Waals surface area contributed by atoms with Crippen LogP contribution < -0.4 is 0 Å². The van der Waals surface area contributed by atoms with Gasteiger partial charge in [-0.3, -0.25) is 9.69 Å². The molecule has 2 nitrogen and oxygen atoms in total. The molecule has 0 N–H and O–H groups in total. The smallest absolute Gasteiger partial charge is 0.147 e. The van der Waals surface area contributed by atoms with Gasteiger partial charge in [-0.25, -0.2) is 0 Å². The zero-order valence-electron chi connectivity index (χ0n) is 7.79. The lowest BCUT2D eigenvalue weighted by Crippen LogP contribution is -2.34. The van der Waals surface area contributed by atoms with Gasteiger partial charge in [0, 0.05) is 6.54 Å². The Balaban J connectivity index is 2.71. The summed E-state index contributed by atoms with van der Waals surface area (Å²) in [7, 11) is 2.03. The van der Waals surface area contributed by atoms with Crippen LogP contribution in [0.5, 0.6) is 0 Å².